The number of carbonyl (C=O) groups excluding carboxylic acids is 1. The van der Waals surface area contributed by atoms with Crippen LogP contribution in [0.2, 0.25) is 0 Å². The first kappa shape index (κ1) is 15.0. The number of H-pyrrole nitrogens is 1. The number of benzene rings is 2. The summed E-state index contributed by atoms with van der Waals surface area (Å²) in [5, 5.41) is 3.29. The summed E-state index contributed by atoms with van der Waals surface area (Å²) in [5.74, 6) is 0.0819. The molecular formula is C18H19N5O. The van der Waals surface area contributed by atoms with Crippen LogP contribution >= 0.6 is 0 Å². The van der Waals surface area contributed by atoms with Gasteiger partial charge in [0.2, 0.25) is 0 Å². The van der Waals surface area contributed by atoms with Crippen molar-refractivity contribution in [2.45, 2.75) is 19.5 Å². The molecule has 0 amide bonds. The molecule has 6 nitrogen and oxygen atoms in total. The number of carbonyl (C=O) groups is 1. The largest absolute Gasteiger partial charge is 0.345 e. The lowest BCUT2D eigenvalue weighted by Crippen LogP contribution is -2.25. The number of fused-ring (bicyclic) bond motifs is 1. The molecular weight excluding hydrogens is 302 g/mol. The fourth-order valence-electron chi connectivity index (χ4n) is 3.13. The average Bonchev–Trinajstić information content (AvgIpc) is 3.25. The third-order valence-electron chi connectivity index (χ3n) is 4.26. The maximum atomic E-state index is 12.8. The number of imidazole rings is 1. The van der Waals surface area contributed by atoms with Gasteiger partial charge in [-0.1, -0.05) is 24.3 Å². The first-order chi connectivity index (χ1) is 11.7. The zero-order valence-electron chi connectivity index (χ0n) is 13.4. The molecule has 1 aromatic heterocycles. The average molecular weight is 321 g/mol. The minimum Gasteiger partial charge on any atom is -0.345 e. The van der Waals surface area contributed by atoms with Gasteiger partial charge in [-0.3, -0.25) is 10.1 Å². The Morgan fingerprint density at radius 1 is 1.29 bits per heavy atom. The van der Waals surface area contributed by atoms with Crippen LogP contribution in [0.3, 0.4) is 0 Å². The van der Waals surface area contributed by atoms with E-state index in [1.165, 1.54) is 0 Å². The van der Waals surface area contributed by atoms with Crippen LogP contribution in [0, 0.1) is 6.92 Å². The third kappa shape index (κ3) is 2.82. The zero-order chi connectivity index (χ0) is 16.5. The molecule has 24 heavy (non-hydrogen) atoms. The number of nitrogens with zero attached hydrogens (tertiary/aromatic N) is 1. The summed E-state index contributed by atoms with van der Waals surface area (Å²) in [5.41, 5.74) is 11.7. The van der Waals surface area contributed by atoms with E-state index >= 15 is 0 Å². The van der Waals surface area contributed by atoms with Gasteiger partial charge in [-0.15, -0.1) is 0 Å². The number of hydrazine groups is 1. The van der Waals surface area contributed by atoms with Gasteiger partial charge in [-0.25, -0.2) is 15.8 Å². The second-order valence-corrected chi connectivity index (χ2v) is 6.09. The van der Waals surface area contributed by atoms with Crippen molar-refractivity contribution < 1.29 is 4.79 Å². The summed E-state index contributed by atoms with van der Waals surface area (Å²) in [4.78, 5) is 20.2. The lowest BCUT2D eigenvalue weighted by Gasteiger charge is -2.12. The van der Waals surface area contributed by atoms with Crippen molar-refractivity contribution in [3.05, 3.63) is 65.0 Å². The maximum absolute atomic E-state index is 12.8. The standard InChI is InChI=1S/C18H19N5O/c1-11-5-14(17-15(6-11)19-9-20-17)16(24)8-12-3-2-4-13(7-12)18-21-10-22-23-18/h2-7,9,18,21-23H,8,10H2,1H3,(H,19,20). The zero-order valence-corrected chi connectivity index (χ0v) is 13.4. The monoisotopic (exact) mass is 321 g/mol. The molecule has 0 bridgehead atoms. The minimum atomic E-state index is 0.0667. The number of Topliss-reactive ketones (excluding diaryl/α,β-unsaturated/α-hetero) is 1. The summed E-state index contributed by atoms with van der Waals surface area (Å²) in [6, 6.07) is 12.0. The van der Waals surface area contributed by atoms with Crippen molar-refractivity contribution in [3.63, 3.8) is 0 Å². The maximum Gasteiger partial charge on any atom is 0.169 e. The second-order valence-electron chi connectivity index (χ2n) is 6.09. The molecule has 122 valence electrons. The minimum absolute atomic E-state index is 0.0667. The Hall–Kier alpha value is -2.54. The highest BCUT2D eigenvalue weighted by Crippen LogP contribution is 2.21. The third-order valence-corrected chi connectivity index (χ3v) is 4.26. The lowest BCUT2D eigenvalue weighted by molar-refractivity contribution is 0.0994. The number of nitrogens with one attached hydrogen (secondary N) is 4. The van der Waals surface area contributed by atoms with Gasteiger partial charge in [0.05, 0.1) is 30.2 Å². The molecule has 0 aliphatic carbocycles. The van der Waals surface area contributed by atoms with E-state index in [0.29, 0.717) is 18.7 Å². The quantitative estimate of drug-likeness (QED) is 0.552. The molecule has 2 aromatic carbocycles. The van der Waals surface area contributed by atoms with Crippen molar-refractivity contribution >= 4 is 16.8 Å². The lowest BCUT2D eigenvalue weighted by atomic mass is 9.98. The van der Waals surface area contributed by atoms with Crippen LogP contribution < -0.4 is 16.2 Å². The molecule has 1 aliphatic heterocycles. The predicted molar refractivity (Wildman–Crippen MR) is 92.3 cm³/mol. The smallest absolute Gasteiger partial charge is 0.169 e. The van der Waals surface area contributed by atoms with E-state index in [0.717, 1.165) is 27.7 Å². The molecule has 1 atom stereocenters. The van der Waals surface area contributed by atoms with Crippen LogP contribution in [0.25, 0.3) is 11.0 Å². The summed E-state index contributed by atoms with van der Waals surface area (Å²) in [6.07, 6.45) is 2.06. The van der Waals surface area contributed by atoms with Gasteiger partial charge < -0.3 is 4.98 Å². The van der Waals surface area contributed by atoms with E-state index in [1.54, 1.807) is 6.33 Å². The van der Waals surface area contributed by atoms with Crippen LogP contribution in [0.5, 0.6) is 0 Å². The molecule has 4 N–H and O–H groups in total. The molecule has 1 fully saturated rings. The number of ketones is 1. The normalized spacial score (nSPS) is 17.5. The number of rotatable bonds is 4. The first-order valence-corrected chi connectivity index (χ1v) is 7.98. The van der Waals surface area contributed by atoms with Crippen molar-refractivity contribution in [1.82, 2.24) is 26.1 Å². The second kappa shape index (κ2) is 6.16. The van der Waals surface area contributed by atoms with Crippen molar-refractivity contribution in [2.24, 2.45) is 0 Å². The Labute approximate surface area is 139 Å². The van der Waals surface area contributed by atoms with Gasteiger partial charge in [0.15, 0.2) is 5.78 Å². The first-order valence-electron chi connectivity index (χ1n) is 7.98. The molecule has 3 aromatic rings. The molecule has 0 spiro atoms. The summed E-state index contributed by atoms with van der Waals surface area (Å²) in [7, 11) is 0. The number of hydrogen-bond acceptors (Lipinski definition) is 5. The fourth-order valence-corrected chi connectivity index (χ4v) is 3.13. The van der Waals surface area contributed by atoms with Gasteiger partial charge >= 0.3 is 0 Å². The fraction of sp³-hybridized carbons (Fsp3) is 0.222. The SMILES string of the molecule is Cc1cc(C(=O)Cc2cccc(C3NCNN3)c2)c2nc[nH]c2c1. The van der Waals surface area contributed by atoms with Crippen LogP contribution in [0.4, 0.5) is 0 Å². The van der Waals surface area contributed by atoms with E-state index in [4.69, 9.17) is 0 Å². The number of aromatic amines is 1. The van der Waals surface area contributed by atoms with E-state index in [2.05, 4.69) is 32.2 Å². The highest BCUT2D eigenvalue weighted by atomic mass is 16.1. The molecule has 1 aliphatic rings. The molecule has 4 rings (SSSR count). The number of hydrogen-bond donors (Lipinski definition) is 4. The van der Waals surface area contributed by atoms with E-state index in [1.807, 2.05) is 37.3 Å². The highest BCUT2D eigenvalue weighted by Gasteiger charge is 2.17. The van der Waals surface area contributed by atoms with Crippen LogP contribution in [-0.2, 0) is 6.42 Å². The van der Waals surface area contributed by atoms with Gasteiger partial charge in [-0.2, -0.15) is 0 Å². The summed E-state index contributed by atoms with van der Waals surface area (Å²) < 4.78 is 0. The van der Waals surface area contributed by atoms with Gasteiger partial charge in [0.1, 0.15) is 0 Å². The van der Waals surface area contributed by atoms with E-state index < -0.39 is 0 Å². The Balaban J connectivity index is 1.61. The summed E-state index contributed by atoms with van der Waals surface area (Å²) in [6.45, 7) is 2.70. The van der Waals surface area contributed by atoms with E-state index in [9.17, 15) is 4.79 Å². The molecule has 1 unspecified atom stereocenters. The number of aryl methyl sites for hydroxylation is 1. The van der Waals surface area contributed by atoms with Crippen molar-refractivity contribution in [3.8, 4) is 0 Å². The molecule has 2 heterocycles. The Bertz CT molecular complexity index is 895. The summed E-state index contributed by atoms with van der Waals surface area (Å²) >= 11 is 0. The van der Waals surface area contributed by atoms with E-state index in [-0.39, 0.29) is 11.9 Å². The topological polar surface area (TPSA) is 81.8 Å². The van der Waals surface area contributed by atoms with Crippen LogP contribution in [0.15, 0.2) is 42.7 Å². The predicted octanol–water partition coefficient (Wildman–Crippen LogP) is 1.95. The van der Waals surface area contributed by atoms with Crippen molar-refractivity contribution in [1.29, 1.82) is 0 Å². The van der Waals surface area contributed by atoms with Gasteiger partial charge in [0.25, 0.3) is 0 Å². The Kier molecular flexibility index (Phi) is 3.86. The highest BCUT2D eigenvalue weighted by molar-refractivity contribution is 6.07. The Morgan fingerprint density at radius 3 is 3.04 bits per heavy atom. The van der Waals surface area contributed by atoms with Crippen LogP contribution in [-0.4, -0.2) is 22.4 Å². The molecule has 6 heteroatoms. The number of aromatic nitrogens is 2. The molecule has 0 saturated carbocycles. The molecule has 0 radical (unpaired) electrons. The van der Waals surface area contributed by atoms with Gasteiger partial charge in [-0.05, 0) is 35.7 Å². The Morgan fingerprint density at radius 2 is 2.21 bits per heavy atom. The van der Waals surface area contributed by atoms with Gasteiger partial charge in [0, 0.05) is 12.0 Å². The van der Waals surface area contributed by atoms with Crippen LogP contribution in [0.1, 0.15) is 33.2 Å². The van der Waals surface area contributed by atoms with Crippen molar-refractivity contribution in [2.75, 3.05) is 6.67 Å². The molecule has 1 saturated heterocycles.